The highest BCUT2D eigenvalue weighted by Gasteiger charge is 2.30. The van der Waals surface area contributed by atoms with Crippen LogP contribution in [0.5, 0.6) is 23.0 Å². The highest BCUT2D eigenvalue weighted by atomic mass is 19.1. The van der Waals surface area contributed by atoms with Crippen molar-refractivity contribution in [3.05, 3.63) is 82.2 Å². The number of cyclic esters (lactones) is 1. The molecule has 0 aliphatic carbocycles. The van der Waals surface area contributed by atoms with Gasteiger partial charge in [0, 0.05) is 11.1 Å². The fourth-order valence-electron chi connectivity index (χ4n) is 4.13. The molecule has 0 bridgehead atoms. The summed E-state index contributed by atoms with van der Waals surface area (Å²) in [5, 5.41) is 10.7. The van der Waals surface area contributed by atoms with E-state index in [0.717, 1.165) is 5.56 Å². The molecule has 1 aliphatic rings. The molecule has 0 fully saturated rings. The van der Waals surface area contributed by atoms with E-state index in [2.05, 4.69) is 0 Å². The van der Waals surface area contributed by atoms with Crippen molar-refractivity contribution in [3.63, 3.8) is 0 Å². The van der Waals surface area contributed by atoms with Crippen LogP contribution in [-0.4, -0.2) is 24.2 Å². The first-order chi connectivity index (χ1) is 17.2. The quantitative estimate of drug-likeness (QED) is 0.337. The van der Waals surface area contributed by atoms with Crippen LogP contribution in [0.1, 0.15) is 63.8 Å². The smallest absolute Gasteiger partial charge is 0.346 e. The molecule has 188 valence electrons. The predicted octanol–water partition coefficient (Wildman–Crippen LogP) is 5.90. The highest BCUT2D eigenvalue weighted by molar-refractivity contribution is 5.97. The molecule has 4 rings (SSSR count). The van der Waals surface area contributed by atoms with E-state index in [0.29, 0.717) is 17.5 Å². The standard InChI is InChI=1S/C28H27FO7/c1-15(2)11-21(30)19-9-10-22-24(26(19)33-4)28(32)34-14-17-12-16(3)13-23(25(17)35-22)36-27(31)18-7-5-6-8-20(18)29/h5-10,12-13,15,21,30H,11,14H2,1-4H3/t21-/m0/s1. The lowest BCUT2D eigenvalue weighted by molar-refractivity contribution is 0.0451. The molecule has 0 aromatic heterocycles. The summed E-state index contributed by atoms with van der Waals surface area (Å²) in [5.41, 5.74) is 1.40. The minimum atomic E-state index is -0.895. The fraction of sp³-hybridized carbons (Fsp3) is 0.286. The molecule has 0 unspecified atom stereocenters. The van der Waals surface area contributed by atoms with E-state index in [1.54, 1.807) is 25.1 Å². The van der Waals surface area contributed by atoms with Gasteiger partial charge in [0.1, 0.15) is 29.5 Å². The molecular weight excluding hydrogens is 467 g/mol. The van der Waals surface area contributed by atoms with Gasteiger partial charge in [0.05, 0.1) is 18.8 Å². The fourth-order valence-corrected chi connectivity index (χ4v) is 4.13. The van der Waals surface area contributed by atoms with Gasteiger partial charge in [0.2, 0.25) is 0 Å². The Balaban J connectivity index is 1.79. The van der Waals surface area contributed by atoms with E-state index in [-0.39, 0.29) is 46.6 Å². The lowest BCUT2D eigenvalue weighted by atomic mass is 9.96. The average Bonchev–Trinajstić information content (AvgIpc) is 2.82. The van der Waals surface area contributed by atoms with Gasteiger partial charge < -0.3 is 24.1 Å². The number of benzene rings is 3. The number of ether oxygens (including phenoxy) is 4. The van der Waals surface area contributed by atoms with Gasteiger partial charge in [-0.05, 0) is 61.2 Å². The van der Waals surface area contributed by atoms with E-state index in [1.807, 2.05) is 13.8 Å². The van der Waals surface area contributed by atoms with Gasteiger partial charge in [-0.25, -0.2) is 14.0 Å². The number of halogens is 1. The molecule has 36 heavy (non-hydrogen) atoms. The lowest BCUT2D eigenvalue weighted by Gasteiger charge is -2.24. The van der Waals surface area contributed by atoms with Crippen molar-refractivity contribution in [1.82, 2.24) is 0 Å². The summed E-state index contributed by atoms with van der Waals surface area (Å²) >= 11 is 0. The summed E-state index contributed by atoms with van der Waals surface area (Å²) in [6, 6.07) is 12.0. The number of aryl methyl sites for hydroxylation is 1. The number of carbonyl (C=O) groups excluding carboxylic acids is 2. The number of fused-ring (bicyclic) bond motifs is 2. The minimum Gasteiger partial charge on any atom is -0.495 e. The summed E-state index contributed by atoms with van der Waals surface area (Å²) in [7, 11) is 1.40. The molecule has 7 nitrogen and oxygen atoms in total. The Kier molecular flexibility index (Phi) is 7.26. The van der Waals surface area contributed by atoms with E-state index < -0.39 is 23.9 Å². The first-order valence-corrected chi connectivity index (χ1v) is 11.5. The predicted molar refractivity (Wildman–Crippen MR) is 129 cm³/mol. The zero-order valence-electron chi connectivity index (χ0n) is 20.5. The normalized spacial score (nSPS) is 13.5. The summed E-state index contributed by atoms with van der Waals surface area (Å²) in [6.45, 7) is 5.57. The molecular formula is C28H27FO7. The molecule has 0 radical (unpaired) electrons. The van der Waals surface area contributed by atoms with Crippen molar-refractivity contribution in [2.75, 3.05) is 7.11 Å². The van der Waals surface area contributed by atoms with Crippen LogP contribution < -0.4 is 14.2 Å². The molecule has 0 spiro atoms. The van der Waals surface area contributed by atoms with Crippen molar-refractivity contribution in [2.45, 2.75) is 39.9 Å². The maximum absolute atomic E-state index is 14.2. The average molecular weight is 495 g/mol. The van der Waals surface area contributed by atoms with Crippen molar-refractivity contribution in [2.24, 2.45) is 5.92 Å². The van der Waals surface area contributed by atoms with E-state index in [4.69, 9.17) is 18.9 Å². The van der Waals surface area contributed by atoms with Crippen LogP contribution in [0.3, 0.4) is 0 Å². The van der Waals surface area contributed by atoms with Crippen LogP contribution >= 0.6 is 0 Å². The van der Waals surface area contributed by atoms with Crippen molar-refractivity contribution >= 4 is 11.9 Å². The molecule has 0 saturated heterocycles. The van der Waals surface area contributed by atoms with Crippen molar-refractivity contribution < 1.29 is 38.0 Å². The molecule has 1 heterocycles. The SMILES string of the molecule is COc1c([C@@H](O)CC(C)C)ccc2c1C(=O)OCc1cc(C)cc(OC(=O)c3ccccc3F)c1O2. The number of rotatable bonds is 6. The number of methoxy groups -OCH3 is 1. The number of esters is 2. The molecule has 3 aromatic rings. The molecule has 0 amide bonds. The van der Waals surface area contributed by atoms with Gasteiger partial charge in [-0.15, -0.1) is 0 Å². The van der Waals surface area contributed by atoms with E-state index >= 15 is 0 Å². The number of carbonyl (C=O) groups is 2. The zero-order chi connectivity index (χ0) is 26.0. The highest BCUT2D eigenvalue weighted by Crippen LogP contribution is 2.44. The summed E-state index contributed by atoms with van der Waals surface area (Å²) in [4.78, 5) is 25.8. The number of hydrogen-bond acceptors (Lipinski definition) is 7. The largest absolute Gasteiger partial charge is 0.495 e. The van der Waals surface area contributed by atoms with E-state index in [9.17, 15) is 19.1 Å². The van der Waals surface area contributed by atoms with Crippen LogP contribution in [0.2, 0.25) is 0 Å². The maximum Gasteiger partial charge on any atom is 0.346 e. The second kappa shape index (κ2) is 10.4. The van der Waals surface area contributed by atoms with Gasteiger partial charge >= 0.3 is 11.9 Å². The first-order valence-electron chi connectivity index (χ1n) is 11.5. The third-order valence-electron chi connectivity index (χ3n) is 5.76. The third-order valence-corrected chi connectivity index (χ3v) is 5.76. The maximum atomic E-state index is 14.2. The van der Waals surface area contributed by atoms with Gasteiger partial charge in [0.25, 0.3) is 0 Å². The summed E-state index contributed by atoms with van der Waals surface area (Å²) in [6.07, 6.45) is -0.403. The van der Waals surface area contributed by atoms with Gasteiger partial charge in [-0.1, -0.05) is 26.0 Å². The Hall–Kier alpha value is -3.91. The molecule has 1 N–H and O–H groups in total. The van der Waals surface area contributed by atoms with Gasteiger partial charge in [-0.3, -0.25) is 0 Å². The minimum absolute atomic E-state index is 0.00964. The Morgan fingerprint density at radius 3 is 2.61 bits per heavy atom. The Morgan fingerprint density at radius 2 is 1.92 bits per heavy atom. The Bertz CT molecular complexity index is 1320. The number of aliphatic hydroxyl groups excluding tert-OH is 1. The number of aliphatic hydroxyl groups is 1. The third kappa shape index (κ3) is 5.04. The first kappa shape index (κ1) is 25.2. The second-order valence-corrected chi connectivity index (χ2v) is 9.01. The zero-order valence-corrected chi connectivity index (χ0v) is 20.5. The Labute approximate surface area is 208 Å². The van der Waals surface area contributed by atoms with Crippen LogP contribution in [0, 0.1) is 18.7 Å². The molecule has 3 aromatic carbocycles. The van der Waals surface area contributed by atoms with E-state index in [1.165, 1.54) is 37.4 Å². The Morgan fingerprint density at radius 1 is 1.17 bits per heavy atom. The molecule has 8 heteroatoms. The summed E-state index contributed by atoms with van der Waals surface area (Å²) in [5.74, 6) is -1.64. The molecule has 1 atom stereocenters. The van der Waals surface area contributed by atoms with Crippen molar-refractivity contribution in [3.8, 4) is 23.0 Å². The van der Waals surface area contributed by atoms with Gasteiger partial charge in [-0.2, -0.15) is 0 Å². The van der Waals surface area contributed by atoms with Crippen LogP contribution in [-0.2, 0) is 11.3 Å². The monoisotopic (exact) mass is 494 g/mol. The van der Waals surface area contributed by atoms with Gasteiger partial charge in [0.15, 0.2) is 11.5 Å². The molecule has 0 saturated carbocycles. The number of hydrogen-bond donors (Lipinski definition) is 1. The van der Waals surface area contributed by atoms with Crippen LogP contribution in [0.4, 0.5) is 4.39 Å². The molecule has 1 aliphatic heterocycles. The summed E-state index contributed by atoms with van der Waals surface area (Å²) < 4.78 is 36.9. The van der Waals surface area contributed by atoms with Crippen LogP contribution in [0.15, 0.2) is 48.5 Å². The topological polar surface area (TPSA) is 91.3 Å². The lowest BCUT2D eigenvalue weighted by Crippen LogP contribution is -2.16. The van der Waals surface area contributed by atoms with Crippen molar-refractivity contribution in [1.29, 1.82) is 0 Å². The second-order valence-electron chi connectivity index (χ2n) is 9.01. The van der Waals surface area contributed by atoms with Crippen LogP contribution in [0.25, 0.3) is 0 Å².